The maximum atomic E-state index is 12.7. The molecule has 0 saturated carbocycles. The van der Waals surface area contributed by atoms with Gasteiger partial charge in [-0.2, -0.15) is 0 Å². The summed E-state index contributed by atoms with van der Waals surface area (Å²) in [4.78, 5) is 16.7. The number of amides is 1. The average molecular weight is 370 g/mol. The molecule has 0 atom stereocenters. The van der Waals surface area contributed by atoms with Gasteiger partial charge in [-0.05, 0) is 42.7 Å². The molecule has 134 valence electrons. The Labute approximate surface area is 157 Å². The van der Waals surface area contributed by atoms with Crippen LogP contribution in [0.25, 0.3) is 16.9 Å². The maximum Gasteiger partial charge on any atom is 0.274 e. The standard InChI is InChI=1S/C19H20ClN5O/c1-13(2)6-11-22-19(26)17-18(14-7-9-21-10-8-14)25(24-23-17)16-5-3-4-15(20)12-16/h3-5,7-10,12-13H,6,11H2,1-2H3,(H,22,26). The molecule has 2 heterocycles. The first-order valence-corrected chi connectivity index (χ1v) is 8.84. The average Bonchev–Trinajstić information content (AvgIpc) is 3.07. The number of carbonyl (C=O) groups is 1. The summed E-state index contributed by atoms with van der Waals surface area (Å²) in [6.07, 6.45) is 4.24. The molecular weight excluding hydrogens is 350 g/mol. The van der Waals surface area contributed by atoms with Gasteiger partial charge in [-0.15, -0.1) is 5.10 Å². The molecule has 0 aliphatic carbocycles. The third kappa shape index (κ3) is 4.08. The minimum atomic E-state index is -0.245. The Morgan fingerprint density at radius 1 is 1.23 bits per heavy atom. The molecule has 0 spiro atoms. The van der Waals surface area contributed by atoms with E-state index in [-0.39, 0.29) is 11.6 Å². The second-order valence-corrected chi connectivity index (χ2v) is 6.79. The molecule has 7 heteroatoms. The van der Waals surface area contributed by atoms with Crippen LogP contribution >= 0.6 is 11.6 Å². The first-order valence-electron chi connectivity index (χ1n) is 8.46. The maximum absolute atomic E-state index is 12.7. The Bertz CT molecular complexity index is 892. The Kier molecular flexibility index (Phi) is 5.63. The van der Waals surface area contributed by atoms with E-state index in [9.17, 15) is 4.79 Å². The molecule has 1 amide bonds. The fourth-order valence-electron chi connectivity index (χ4n) is 2.55. The normalized spacial score (nSPS) is 10.9. The van der Waals surface area contributed by atoms with Crippen LogP contribution in [0.1, 0.15) is 30.8 Å². The van der Waals surface area contributed by atoms with Gasteiger partial charge in [0.15, 0.2) is 5.69 Å². The zero-order valence-electron chi connectivity index (χ0n) is 14.7. The van der Waals surface area contributed by atoms with Gasteiger partial charge in [0, 0.05) is 29.5 Å². The highest BCUT2D eigenvalue weighted by molar-refractivity contribution is 6.30. The summed E-state index contributed by atoms with van der Waals surface area (Å²) < 4.78 is 1.62. The monoisotopic (exact) mass is 369 g/mol. The van der Waals surface area contributed by atoms with Gasteiger partial charge in [0.25, 0.3) is 5.91 Å². The second-order valence-electron chi connectivity index (χ2n) is 6.35. The first-order chi connectivity index (χ1) is 12.6. The van der Waals surface area contributed by atoms with Crippen molar-refractivity contribution in [2.45, 2.75) is 20.3 Å². The van der Waals surface area contributed by atoms with Crippen molar-refractivity contribution < 1.29 is 4.79 Å². The lowest BCUT2D eigenvalue weighted by molar-refractivity contribution is 0.0947. The number of aromatic nitrogens is 4. The van der Waals surface area contributed by atoms with E-state index in [4.69, 9.17) is 11.6 Å². The van der Waals surface area contributed by atoms with Crippen molar-refractivity contribution in [3.8, 4) is 16.9 Å². The number of benzene rings is 1. The minimum Gasteiger partial charge on any atom is -0.351 e. The molecule has 26 heavy (non-hydrogen) atoms. The number of carbonyl (C=O) groups excluding carboxylic acids is 1. The van der Waals surface area contributed by atoms with Gasteiger partial charge in [-0.1, -0.05) is 36.7 Å². The molecular formula is C19H20ClN5O. The summed E-state index contributed by atoms with van der Waals surface area (Å²) in [7, 11) is 0. The highest BCUT2D eigenvalue weighted by Crippen LogP contribution is 2.26. The molecule has 3 rings (SSSR count). The Balaban J connectivity index is 2.01. The Morgan fingerprint density at radius 3 is 2.69 bits per heavy atom. The molecule has 0 aliphatic heterocycles. The minimum absolute atomic E-state index is 0.245. The number of halogens is 1. The van der Waals surface area contributed by atoms with Crippen LogP contribution in [0, 0.1) is 5.92 Å². The Morgan fingerprint density at radius 2 is 2.00 bits per heavy atom. The molecule has 0 fully saturated rings. The largest absolute Gasteiger partial charge is 0.351 e. The molecule has 6 nitrogen and oxygen atoms in total. The lowest BCUT2D eigenvalue weighted by atomic mass is 10.1. The van der Waals surface area contributed by atoms with Crippen molar-refractivity contribution in [1.29, 1.82) is 0 Å². The van der Waals surface area contributed by atoms with Crippen molar-refractivity contribution in [1.82, 2.24) is 25.3 Å². The van der Waals surface area contributed by atoms with Gasteiger partial charge in [0.2, 0.25) is 0 Å². The van der Waals surface area contributed by atoms with Crippen molar-refractivity contribution in [2.24, 2.45) is 5.92 Å². The van der Waals surface area contributed by atoms with Crippen molar-refractivity contribution in [3.05, 3.63) is 59.5 Å². The molecule has 0 radical (unpaired) electrons. The van der Waals surface area contributed by atoms with Crippen LogP contribution in [0.4, 0.5) is 0 Å². The molecule has 2 aromatic heterocycles. The topological polar surface area (TPSA) is 72.7 Å². The molecule has 3 aromatic rings. The molecule has 1 aromatic carbocycles. The fraction of sp³-hybridized carbons (Fsp3) is 0.263. The molecule has 0 unspecified atom stereocenters. The van der Waals surface area contributed by atoms with Crippen LogP contribution in [0.2, 0.25) is 5.02 Å². The lowest BCUT2D eigenvalue weighted by Gasteiger charge is -2.09. The number of nitrogens with one attached hydrogen (secondary N) is 1. The Hall–Kier alpha value is -2.73. The molecule has 0 aliphatic rings. The van der Waals surface area contributed by atoms with Gasteiger partial charge >= 0.3 is 0 Å². The van der Waals surface area contributed by atoms with Crippen LogP contribution in [0.3, 0.4) is 0 Å². The zero-order chi connectivity index (χ0) is 18.5. The number of hydrogen-bond donors (Lipinski definition) is 1. The lowest BCUT2D eigenvalue weighted by Crippen LogP contribution is -2.26. The fourth-order valence-corrected chi connectivity index (χ4v) is 2.73. The predicted molar refractivity (Wildman–Crippen MR) is 101 cm³/mol. The quantitative estimate of drug-likeness (QED) is 0.718. The van der Waals surface area contributed by atoms with Crippen molar-refractivity contribution >= 4 is 17.5 Å². The van der Waals surface area contributed by atoms with Crippen LogP contribution in [-0.4, -0.2) is 32.4 Å². The van der Waals surface area contributed by atoms with Gasteiger partial charge in [-0.25, -0.2) is 4.68 Å². The molecule has 0 saturated heterocycles. The summed E-state index contributed by atoms with van der Waals surface area (Å²) in [5, 5.41) is 11.8. The first kappa shape index (κ1) is 18.1. The van der Waals surface area contributed by atoms with Crippen molar-refractivity contribution in [3.63, 3.8) is 0 Å². The van der Waals surface area contributed by atoms with Crippen molar-refractivity contribution in [2.75, 3.05) is 6.54 Å². The summed E-state index contributed by atoms with van der Waals surface area (Å²) in [6, 6.07) is 10.9. The van der Waals surface area contributed by atoms with Gasteiger partial charge < -0.3 is 5.32 Å². The predicted octanol–water partition coefficient (Wildman–Crippen LogP) is 3.76. The van der Waals surface area contributed by atoms with E-state index in [0.717, 1.165) is 17.7 Å². The summed E-state index contributed by atoms with van der Waals surface area (Å²) in [5.74, 6) is 0.267. The van der Waals surface area contributed by atoms with E-state index in [1.807, 2.05) is 24.3 Å². The third-order valence-corrected chi connectivity index (χ3v) is 4.13. The second kappa shape index (κ2) is 8.10. The van der Waals surface area contributed by atoms with Gasteiger partial charge in [0.1, 0.15) is 5.69 Å². The van der Waals surface area contributed by atoms with E-state index >= 15 is 0 Å². The van der Waals surface area contributed by atoms with E-state index < -0.39 is 0 Å². The number of pyridine rings is 1. The number of rotatable bonds is 6. The third-order valence-electron chi connectivity index (χ3n) is 3.90. The smallest absolute Gasteiger partial charge is 0.274 e. The number of hydrogen-bond acceptors (Lipinski definition) is 4. The van der Waals surface area contributed by atoms with Crippen LogP contribution < -0.4 is 5.32 Å². The van der Waals surface area contributed by atoms with E-state index in [1.54, 1.807) is 29.2 Å². The van der Waals surface area contributed by atoms with Gasteiger partial charge in [-0.3, -0.25) is 9.78 Å². The van der Waals surface area contributed by atoms with Crippen LogP contribution in [0.15, 0.2) is 48.8 Å². The highest BCUT2D eigenvalue weighted by atomic mass is 35.5. The highest BCUT2D eigenvalue weighted by Gasteiger charge is 2.22. The zero-order valence-corrected chi connectivity index (χ0v) is 15.4. The SMILES string of the molecule is CC(C)CCNC(=O)c1nnn(-c2cccc(Cl)c2)c1-c1ccncc1. The molecule has 0 bridgehead atoms. The van der Waals surface area contributed by atoms with Crippen LogP contribution in [0.5, 0.6) is 0 Å². The van der Waals surface area contributed by atoms with E-state index in [1.165, 1.54) is 0 Å². The van der Waals surface area contributed by atoms with Gasteiger partial charge in [0.05, 0.1) is 5.69 Å². The number of nitrogens with zero attached hydrogens (tertiary/aromatic N) is 4. The summed E-state index contributed by atoms with van der Waals surface area (Å²) >= 11 is 6.11. The summed E-state index contributed by atoms with van der Waals surface area (Å²) in [5.41, 5.74) is 2.42. The summed E-state index contributed by atoms with van der Waals surface area (Å²) in [6.45, 7) is 4.82. The van der Waals surface area contributed by atoms with E-state index in [2.05, 4.69) is 34.5 Å². The van der Waals surface area contributed by atoms with E-state index in [0.29, 0.717) is 23.2 Å². The molecule has 1 N–H and O–H groups in total. The van der Waals surface area contributed by atoms with Crippen LogP contribution in [-0.2, 0) is 0 Å².